The summed E-state index contributed by atoms with van der Waals surface area (Å²) in [4.78, 5) is 15.1. The van der Waals surface area contributed by atoms with Gasteiger partial charge in [0.1, 0.15) is 37.9 Å². The predicted octanol–water partition coefficient (Wildman–Crippen LogP) is 6.58. The fourth-order valence-electron chi connectivity index (χ4n) is 6.35. The topological polar surface area (TPSA) is 113 Å². The number of hydrogen-bond donors (Lipinski definition) is 2. The number of carbonyl (C=O) groups is 1. The van der Waals surface area contributed by atoms with Gasteiger partial charge in [-0.15, -0.1) is 0 Å². The zero-order chi connectivity index (χ0) is 34.2. The van der Waals surface area contributed by atoms with Crippen LogP contribution < -0.4 is 24.3 Å². The normalized spacial score (nSPS) is 15.7. The molecule has 0 spiro atoms. The van der Waals surface area contributed by atoms with Crippen LogP contribution in [0.4, 0.5) is 0 Å². The van der Waals surface area contributed by atoms with Crippen LogP contribution in [0.15, 0.2) is 72.8 Å². The summed E-state index contributed by atoms with van der Waals surface area (Å²) in [5.41, 5.74) is 6.43. The van der Waals surface area contributed by atoms with E-state index < -0.39 is 0 Å². The van der Waals surface area contributed by atoms with E-state index in [1.807, 2.05) is 54.6 Å². The molecule has 1 atom stereocenters. The number of halogens is 1. The third kappa shape index (κ3) is 8.28. The van der Waals surface area contributed by atoms with Gasteiger partial charge in [-0.25, -0.2) is 0 Å². The Morgan fingerprint density at radius 3 is 2.63 bits per heavy atom. The second-order valence-corrected chi connectivity index (χ2v) is 12.6. The first-order chi connectivity index (χ1) is 23.9. The van der Waals surface area contributed by atoms with Crippen molar-refractivity contribution >= 4 is 17.5 Å². The molecule has 0 saturated carbocycles. The number of nitriles is 1. The van der Waals surface area contributed by atoms with Gasteiger partial charge in [-0.3, -0.25) is 9.69 Å². The lowest BCUT2D eigenvalue weighted by Crippen LogP contribution is -2.49. The van der Waals surface area contributed by atoms with Gasteiger partial charge in [-0.2, -0.15) is 5.26 Å². The van der Waals surface area contributed by atoms with Gasteiger partial charge in [-0.05, 0) is 84.5 Å². The number of rotatable bonds is 12. The molecule has 2 heterocycles. The summed E-state index contributed by atoms with van der Waals surface area (Å²) in [7, 11) is 0. The maximum Gasteiger partial charge on any atom is 0.237 e. The van der Waals surface area contributed by atoms with E-state index in [4.69, 9.17) is 30.5 Å². The van der Waals surface area contributed by atoms with Gasteiger partial charge in [0.15, 0.2) is 11.5 Å². The predicted molar refractivity (Wildman–Crippen MR) is 187 cm³/mol. The van der Waals surface area contributed by atoms with E-state index in [2.05, 4.69) is 29.3 Å². The van der Waals surface area contributed by atoms with E-state index in [1.165, 1.54) is 0 Å². The minimum absolute atomic E-state index is 0.0931. The van der Waals surface area contributed by atoms with Crippen molar-refractivity contribution in [2.75, 3.05) is 32.9 Å². The molecule has 1 saturated heterocycles. The third-order valence-corrected chi connectivity index (χ3v) is 9.24. The highest BCUT2D eigenvalue weighted by molar-refractivity contribution is 6.32. The number of amides is 1. The van der Waals surface area contributed by atoms with Crippen LogP contribution in [-0.4, -0.2) is 54.9 Å². The van der Waals surface area contributed by atoms with Crippen LogP contribution >= 0.6 is 11.6 Å². The molecule has 0 bridgehead atoms. The Labute approximate surface area is 291 Å². The lowest BCUT2D eigenvalue weighted by molar-refractivity contribution is -0.128. The van der Waals surface area contributed by atoms with Crippen molar-refractivity contribution in [1.82, 2.24) is 10.2 Å². The second kappa shape index (κ2) is 16.1. The molecule has 0 radical (unpaired) electrons. The molecule has 49 heavy (non-hydrogen) atoms. The minimum atomic E-state index is -0.320. The molecule has 2 N–H and O–H groups in total. The molecular weight excluding hydrogens is 642 g/mol. The van der Waals surface area contributed by atoms with Crippen molar-refractivity contribution in [2.45, 2.75) is 52.0 Å². The Bertz CT molecular complexity index is 1840. The monoisotopic (exact) mass is 681 g/mol. The Morgan fingerprint density at radius 1 is 0.980 bits per heavy atom. The number of fused-ring (bicyclic) bond motifs is 1. The van der Waals surface area contributed by atoms with Crippen LogP contribution in [0.3, 0.4) is 0 Å². The zero-order valence-corrected chi connectivity index (χ0v) is 28.3. The molecule has 4 aromatic carbocycles. The van der Waals surface area contributed by atoms with Gasteiger partial charge >= 0.3 is 0 Å². The van der Waals surface area contributed by atoms with Crippen LogP contribution in [0.2, 0.25) is 5.02 Å². The van der Waals surface area contributed by atoms with E-state index in [0.29, 0.717) is 41.8 Å². The minimum Gasteiger partial charge on any atom is -0.488 e. The SMILES string of the molecule is Cc1c(COc2cc(OCc3cccc(C#N)c3)c(CN3CCCCC3C(=O)NCCO)cc2Cl)cccc1-c1ccc2c(c1)OCCO2. The average molecular weight is 682 g/mol. The lowest BCUT2D eigenvalue weighted by atomic mass is 9.96. The summed E-state index contributed by atoms with van der Waals surface area (Å²) in [6.45, 7) is 4.97. The summed E-state index contributed by atoms with van der Waals surface area (Å²) in [5, 5.41) is 21.9. The average Bonchev–Trinajstić information content (AvgIpc) is 3.13. The molecule has 2 aliphatic rings. The van der Waals surface area contributed by atoms with Gasteiger partial charge in [0.2, 0.25) is 5.91 Å². The summed E-state index contributed by atoms with van der Waals surface area (Å²) in [5.74, 6) is 2.46. The van der Waals surface area contributed by atoms with Crippen molar-refractivity contribution in [1.29, 1.82) is 5.26 Å². The standard InChI is InChI=1S/C39H40ClN3O6/c1-26-30(8-5-9-32(26)29-11-12-35-38(20-29)47-17-16-46-35)25-49-37-21-36(48-24-28-7-4-6-27(18-28)22-41)31(19-33(37)40)23-43-14-3-2-10-34(43)39(45)42-13-15-44/h4-9,11-12,18-21,34,44H,2-3,10,13-17,23-25H2,1H3,(H,42,45). The van der Waals surface area contributed by atoms with Crippen molar-refractivity contribution < 1.29 is 28.8 Å². The number of ether oxygens (including phenoxy) is 4. The maximum atomic E-state index is 13.0. The summed E-state index contributed by atoms with van der Waals surface area (Å²) < 4.78 is 24.3. The first-order valence-corrected chi connectivity index (χ1v) is 17.0. The molecule has 0 aliphatic carbocycles. The number of aliphatic hydroxyl groups excluding tert-OH is 1. The molecule has 0 aromatic heterocycles. The number of nitrogens with zero attached hydrogens (tertiary/aromatic N) is 2. The molecule has 1 amide bonds. The molecule has 254 valence electrons. The number of nitrogens with one attached hydrogen (secondary N) is 1. The Kier molecular flexibility index (Phi) is 11.2. The van der Waals surface area contributed by atoms with E-state index in [0.717, 1.165) is 70.7 Å². The lowest BCUT2D eigenvalue weighted by Gasteiger charge is -2.35. The number of aliphatic hydroxyl groups is 1. The largest absolute Gasteiger partial charge is 0.488 e. The molecule has 2 aliphatic heterocycles. The number of likely N-dealkylation sites (tertiary alicyclic amines) is 1. The van der Waals surface area contributed by atoms with Crippen molar-refractivity contribution in [3.05, 3.63) is 106 Å². The smallest absolute Gasteiger partial charge is 0.237 e. The molecule has 1 unspecified atom stereocenters. The van der Waals surface area contributed by atoms with E-state index in [1.54, 1.807) is 12.1 Å². The summed E-state index contributed by atoms with van der Waals surface area (Å²) in [6.07, 6.45) is 2.66. The van der Waals surface area contributed by atoms with Crippen molar-refractivity contribution in [2.24, 2.45) is 0 Å². The van der Waals surface area contributed by atoms with Crippen molar-refractivity contribution in [3.63, 3.8) is 0 Å². The van der Waals surface area contributed by atoms with Crippen molar-refractivity contribution in [3.8, 4) is 40.2 Å². The van der Waals surface area contributed by atoms with Gasteiger partial charge in [0.05, 0.1) is 29.3 Å². The first-order valence-electron chi connectivity index (χ1n) is 16.6. The Hall–Kier alpha value is -4.75. The summed E-state index contributed by atoms with van der Waals surface area (Å²) in [6, 6.07) is 25.0. The highest BCUT2D eigenvalue weighted by atomic mass is 35.5. The van der Waals surface area contributed by atoms with Gasteiger partial charge in [-0.1, -0.05) is 54.4 Å². The molecule has 10 heteroatoms. The number of piperidine rings is 1. The van der Waals surface area contributed by atoms with Crippen LogP contribution in [0, 0.1) is 18.3 Å². The molecule has 4 aromatic rings. The number of carbonyl (C=O) groups excluding carboxylic acids is 1. The zero-order valence-electron chi connectivity index (χ0n) is 27.5. The van der Waals surface area contributed by atoms with E-state index in [9.17, 15) is 15.2 Å². The quantitative estimate of drug-likeness (QED) is 0.173. The second-order valence-electron chi connectivity index (χ2n) is 12.2. The van der Waals surface area contributed by atoms with Gasteiger partial charge in [0.25, 0.3) is 0 Å². The molecular formula is C39H40ClN3O6. The molecule has 9 nitrogen and oxygen atoms in total. The fourth-order valence-corrected chi connectivity index (χ4v) is 6.59. The third-order valence-electron chi connectivity index (χ3n) is 8.95. The Balaban J connectivity index is 1.25. The molecule has 1 fully saturated rings. The number of hydrogen-bond acceptors (Lipinski definition) is 8. The Morgan fingerprint density at radius 2 is 1.80 bits per heavy atom. The molecule has 6 rings (SSSR count). The van der Waals surface area contributed by atoms with E-state index >= 15 is 0 Å². The summed E-state index contributed by atoms with van der Waals surface area (Å²) >= 11 is 6.88. The van der Waals surface area contributed by atoms with Gasteiger partial charge < -0.3 is 29.4 Å². The first kappa shape index (κ1) is 34.1. The fraction of sp³-hybridized carbons (Fsp3) is 0.333. The van der Waals surface area contributed by atoms with Crippen LogP contribution in [0.25, 0.3) is 11.1 Å². The highest BCUT2D eigenvalue weighted by Crippen LogP contribution is 2.38. The highest BCUT2D eigenvalue weighted by Gasteiger charge is 2.29. The van der Waals surface area contributed by atoms with E-state index in [-0.39, 0.29) is 38.3 Å². The maximum absolute atomic E-state index is 13.0. The van der Waals surface area contributed by atoms with Crippen LogP contribution in [0.5, 0.6) is 23.0 Å². The van der Waals surface area contributed by atoms with Gasteiger partial charge in [0, 0.05) is 24.7 Å². The number of benzene rings is 4. The van der Waals surface area contributed by atoms with Crippen LogP contribution in [0.1, 0.15) is 47.1 Å². The van der Waals surface area contributed by atoms with Crippen LogP contribution in [-0.2, 0) is 24.6 Å².